The van der Waals surface area contributed by atoms with Gasteiger partial charge < -0.3 is 10.4 Å². The molecule has 38 heavy (non-hydrogen) atoms. The van der Waals surface area contributed by atoms with Crippen LogP contribution in [0.25, 0.3) is 5.69 Å². The van der Waals surface area contributed by atoms with Crippen LogP contribution in [-0.4, -0.2) is 62.2 Å². The average molecular weight is 530 g/mol. The van der Waals surface area contributed by atoms with E-state index in [0.717, 1.165) is 43.3 Å². The molecule has 2 aliphatic rings. The quantitative estimate of drug-likeness (QED) is 0.504. The second kappa shape index (κ2) is 11.8. The largest absolute Gasteiger partial charge is 0.490 e. The standard InChI is InChI=1S/C25H29N5O.C2HF3O2/c1-18-24(28-30(27-18)23-9-3-2-4-10-23)25(31)26-21-12-11-19-13-15-29(16-14-20(19)17-21)22-7-5-6-8-22;3-2(4,5)1(6)7/h2-4,9-12,17,22H,5-8,13-16H2,1H3,(H,26,31);(H,6,7). The first-order valence-electron chi connectivity index (χ1n) is 12.6. The van der Waals surface area contributed by atoms with Crippen molar-refractivity contribution in [3.8, 4) is 5.69 Å². The normalized spacial score (nSPS) is 16.2. The summed E-state index contributed by atoms with van der Waals surface area (Å²) < 4.78 is 31.7. The van der Waals surface area contributed by atoms with Gasteiger partial charge in [0.25, 0.3) is 5.91 Å². The average Bonchev–Trinajstić information content (AvgIpc) is 3.51. The summed E-state index contributed by atoms with van der Waals surface area (Å²) in [7, 11) is 0. The third-order valence-electron chi connectivity index (χ3n) is 6.87. The number of nitrogens with one attached hydrogen (secondary N) is 1. The lowest BCUT2D eigenvalue weighted by Crippen LogP contribution is -2.35. The number of fused-ring (bicyclic) bond motifs is 1. The maximum absolute atomic E-state index is 12.9. The van der Waals surface area contributed by atoms with Crippen LogP contribution in [0.15, 0.2) is 48.5 Å². The summed E-state index contributed by atoms with van der Waals surface area (Å²) in [6, 6.07) is 16.7. The molecule has 0 saturated heterocycles. The Morgan fingerprint density at radius 2 is 1.61 bits per heavy atom. The van der Waals surface area contributed by atoms with Gasteiger partial charge in [0.2, 0.25) is 0 Å². The van der Waals surface area contributed by atoms with Gasteiger partial charge in [-0.1, -0.05) is 37.1 Å². The Balaban J connectivity index is 0.000000426. The highest BCUT2D eigenvalue weighted by Gasteiger charge is 2.38. The molecule has 2 heterocycles. The molecule has 5 rings (SSSR count). The number of nitrogens with zero attached hydrogens (tertiary/aromatic N) is 4. The zero-order valence-electron chi connectivity index (χ0n) is 21.0. The van der Waals surface area contributed by atoms with E-state index in [2.05, 4.69) is 32.5 Å². The number of anilines is 1. The number of hydrogen-bond acceptors (Lipinski definition) is 5. The van der Waals surface area contributed by atoms with Gasteiger partial charge >= 0.3 is 12.1 Å². The van der Waals surface area contributed by atoms with Gasteiger partial charge in [0.05, 0.1) is 11.4 Å². The van der Waals surface area contributed by atoms with E-state index in [1.807, 2.05) is 43.3 Å². The minimum Gasteiger partial charge on any atom is -0.475 e. The summed E-state index contributed by atoms with van der Waals surface area (Å²) in [5, 5.41) is 19.0. The lowest BCUT2D eigenvalue weighted by Gasteiger charge is -2.26. The van der Waals surface area contributed by atoms with Crippen LogP contribution in [-0.2, 0) is 17.6 Å². The minimum atomic E-state index is -5.08. The van der Waals surface area contributed by atoms with Crippen LogP contribution in [0.4, 0.5) is 18.9 Å². The van der Waals surface area contributed by atoms with Crippen LogP contribution >= 0.6 is 0 Å². The van der Waals surface area contributed by atoms with E-state index in [-0.39, 0.29) is 5.91 Å². The lowest BCUT2D eigenvalue weighted by atomic mass is 10.0. The number of alkyl halides is 3. The van der Waals surface area contributed by atoms with Crippen LogP contribution in [0, 0.1) is 6.92 Å². The Morgan fingerprint density at radius 3 is 2.24 bits per heavy atom. The maximum atomic E-state index is 12.9. The van der Waals surface area contributed by atoms with Gasteiger partial charge in [0.15, 0.2) is 5.69 Å². The Bertz CT molecular complexity index is 1270. The number of carbonyl (C=O) groups is 2. The predicted octanol–water partition coefficient (Wildman–Crippen LogP) is 4.80. The monoisotopic (exact) mass is 529 g/mol. The molecule has 0 unspecified atom stereocenters. The number of hydrogen-bond donors (Lipinski definition) is 2. The molecule has 1 aliphatic heterocycles. The first-order valence-corrected chi connectivity index (χ1v) is 12.6. The van der Waals surface area contributed by atoms with Crippen LogP contribution in [0.2, 0.25) is 0 Å². The van der Waals surface area contributed by atoms with Crippen molar-refractivity contribution >= 4 is 17.6 Å². The van der Waals surface area contributed by atoms with Crippen molar-refractivity contribution in [3.05, 3.63) is 71.0 Å². The molecule has 8 nitrogen and oxygen atoms in total. The SMILES string of the molecule is Cc1nn(-c2ccccc2)nc1C(=O)Nc1ccc2c(c1)CCN(C1CCCC1)CC2.O=C(O)C(F)(F)F. The molecule has 1 aromatic heterocycles. The molecule has 1 fully saturated rings. The number of rotatable bonds is 4. The number of aryl methyl sites for hydroxylation is 1. The number of carboxylic acids is 1. The molecule has 0 spiro atoms. The van der Waals surface area contributed by atoms with Gasteiger partial charge in [0.1, 0.15) is 0 Å². The van der Waals surface area contributed by atoms with Crippen molar-refractivity contribution in [3.63, 3.8) is 0 Å². The third kappa shape index (κ3) is 6.77. The molecule has 0 atom stereocenters. The summed E-state index contributed by atoms with van der Waals surface area (Å²) in [5.41, 5.74) is 5.38. The fourth-order valence-electron chi connectivity index (χ4n) is 4.91. The Kier molecular flexibility index (Phi) is 8.45. The van der Waals surface area contributed by atoms with Gasteiger partial charge in [-0.3, -0.25) is 9.69 Å². The smallest absolute Gasteiger partial charge is 0.475 e. The number of aliphatic carboxylic acids is 1. The number of amides is 1. The summed E-state index contributed by atoms with van der Waals surface area (Å²) in [5.74, 6) is -2.98. The number of benzene rings is 2. The van der Waals surface area contributed by atoms with Crippen LogP contribution in [0.3, 0.4) is 0 Å². The van der Waals surface area contributed by atoms with Crippen molar-refractivity contribution in [2.24, 2.45) is 0 Å². The summed E-state index contributed by atoms with van der Waals surface area (Å²) >= 11 is 0. The van der Waals surface area contributed by atoms with Gasteiger partial charge in [-0.05, 0) is 68.0 Å². The van der Waals surface area contributed by atoms with Crippen molar-refractivity contribution in [1.29, 1.82) is 0 Å². The third-order valence-corrected chi connectivity index (χ3v) is 6.87. The van der Waals surface area contributed by atoms with E-state index in [4.69, 9.17) is 9.90 Å². The van der Waals surface area contributed by atoms with Gasteiger partial charge in [0, 0.05) is 24.8 Å². The topological polar surface area (TPSA) is 100 Å². The summed E-state index contributed by atoms with van der Waals surface area (Å²) in [6.45, 7) is 4.07. The van der Waals surface area contributed by atoms with Crippen LogP contribution in [0.1, 0.15) is 53.0 Å². The van der Waals surface area contributed by atoms with E-state index in [1.165, 1.54) is 41.6 Å². The van der Waals surface area contributed by atoms with E-state index < -0.39 is 12.1 Å². The lowest BCUT2D eigenvalue weighted by molar-refractivity contribution is -0.192. The molecule has 0 radical (unpaired) electrons. The van der Waals surface area contributed by atoms with Crippen molar-refractivity contribution < 1.29 is 27.9 Å². The van der Waals surface area contributed by atoms with Crippen LogP contribution < -0.4 is 5.32 Å². The molecule has 1 amide bonds. The number of carboxylic acid groups (broad SMARTS) is 1. The number of carbonyl (C=O) groups excluding carboxylic acids is 1. The summed E-state index contributed by atoms with van der Waals surface area (Å²) in [6.07, 6.45) is 2.49. The van der Waals surface area contributed by atoms with Crippen molar-refractivity contribution in [1.82, 2.24) is 19.9 Å². The molecule has 11 heteroatoms. The fraction of sp³-hybridized carbons (Fsp3) is 0.407. The van der Waals surface area contributed by atoms with Gasteiger partial charge in [-0.15, -0.1) is 5.10 Å². The number of halogens is 3. The number of para-hydroxylation sites is 1. The zero-order chi connectivity index (χ0) is 27.3. The van der Waals surface area contributed by atoms with Crippen molar-refractivity contribution in [2.75, 3.05) is 18.4 Å². The van der Waals surface area contributed by atoms with Gasteiger partial charge in [-0.2, -0.15) is 23.1 Å². The Morgan fingerprint density at radius 1 is 0.974 bits per heavy atom. The first kappa shape index (κ1) is 27.3. The maximum Gasteiger partial charge on any atom is 0.490 e. The first-order chi connectivity index (χ1) is 18.1. The van der Waals surface area contributed by atoms with E-state index in [9.17, 15) is 18.0 Å². The molecular weight excluding hydrogens is 499 g/mol. The molecule has 0 bridgehead atoms. The Hall–Kier alpha value is -3.73. The van der Waals surface area contributed by atoms with Crippen molar-refractivity contribution in [2.45, 2.75) is 57.7 Å². The molecule has 2 N–H and O–H groups in total. The van der Waals surface area contributed by atoms with E-state index >= 15 is 0 Å². The van der Waals surface area contributed by atoms with E-state index in [1.54, 1.807) is 0 Å². The number of aromatic nitrogens is 3. The molecule has 202 valence electrons. The molecule has 2 aromatic carbocycles. The highest BCUT2D eigenvalue weighted by atomic mass is 19.4. The fourth-order valence-corrected chi connectivity index (χ4v) is 4.91. The zero-order valence-corrected chi connectivity index (χ0v) is 21.0. The minimum absolute atomic E-state index is 0.221. The second-order valence-electron chi connectivity index (χ2n) is 9.47. The molecule has 1 saturated carbocycles. The highest BCUT2D eigenvalue weighted by molar-refractivity contribution is 6.03. The van der Waals surface area contributed by atoms with Gasteiger partial charge in [-0.25, -0.2) is 4.79 Å². The summed E-state index contributed by atoms with van der Waals surface area (Å²) in [4.78, 5) is 26.0. The molecule has 3 aromatic rings. The predicted molar refractivity (Wildman–Crippen MR) is 135 cm³/mol. The van der Waals surface area contributed by atoms with Crippen LogP contribution in [0.5, 0.6) is 0 Å². The molecule has 1 aliphatic carbocycles. The highest BCUT2D eigenvalue weighted by Crippen LogP contribution is 2.27. The second-order valence-corrected chi connectivity index (χ2v) is 9.47. The Labute approximate surface area is 218 Å². The van der Waals surface area contributed by atoms with E-state index in [0.29, 0.717) is 11.4 Å². The molecular formula is C27H30F3N5O3.